The first-order chi connectivity index (χ1) is 13.1. The summed E-state index contributed by atoms with van der Waals surface area (Å²) in [5.41, 5.74) is 11.2. The molecule has 0 bridgehead atoms. The van der Waals surface area contributed by atoms with Crippen LogP contribution in [0.4, 0.5) is 0 Å². The summed E-state index contributed by atoms with van der Waals surface area (Å²) in [6, 6.07) is 20.1. The van der Waals surface area contributed by atoms with Gasteiger partial charge < -0.3 is 10.8 Å². The average Bonchev–Trinajstić information content (AvgIpc) is 2.95. The first-order valence-electron chi connectivity index (χ1n) is 9.12. The van der Waals surface area contributed by atoms with Crippen molar-refractivity contribution in [3.63, 3.8) is 0 Å². The van der Waals surface area contributed by atoms with Crippen molar-refractivity contribution in [2.45, 2.75) is 19.8 Å². The lowest BCUT2D eigenvalue weighted by molar-refractivity contribution is -0.117. The molecule has 134 valence electrons. The topological polar surface area (TPSA) is 63.3 Å². The lowest BCUT2D eigenvalue weighted by Gasteiger charge is -2.07. The summed E-state index contributed by atoms with van der Waals surface area (Å²) in [7, 11) is 0. The minimum absolute atomic E-state index is 0.128. The highest BCUT2D eigenvalue weighted by Crippen LogP contribution is 2.48. The second-order valence-corrected chi connectivity index (χ2v) is 6.82. The molecule has 0 radical (unpaired) electrons. The molecule has 0 atom stereocenters. The van der Waals surface area contributed by atoms with Gasteiger partial charge in [0.05, 0.1) is 6.42 Å². The van der Waals surface area contributed by atoms with Gasteiger partial charge in [-0.25, -0.2) is 0 Å². The Morgan fingerprint density at radius 1 is 1.00 bits per heavy atom. The highest BCUT2D eigenvalue weighted by molar-refractivity contribution is 6.09. The summed E-state index contributed by atoms with van der Waals surface area (Å²) in [4.78, 5) is 11.6. The van der Waals surface area contributed by atoms with Crippen LogP contribution in [0.3, 0.4) is 0 Å². The Balaban J connectivity index is 1.92. The van der Waals surface area contributed by atoms with E-state index in [4.69, 9.17) is 5.73 Å². The second-order valence-electron chi connectivity index (χ2n) is 6.82. The fourth-order valence-electron chi connectivity index (χ4n) is 3.96. The smallest absolute Gasteiger partial charge is 0.221 e. The molecule has 3 aromatic carbocycles. The molecule has 0 saturated heterocycles. The van der Waals surface area contributed by atoms with E-state index < -0.39 is 5.91 Å². The Labute approximate surface area is 158 Å². The number of carbonyl (C=O) groups is 1. The third-order valence-corrected chi connectivity index (χ3v) is 5.11. The highest BCUT2D eigenvalue weighted by Gasteiger charge is 2.28. The van der Waals surface area contributed by atoms with Crippen LogP contribution in [0.15, 0.2) is 66.2 Å². The number of fused-ring (bicyclic) bond motifs is 2. The van der Waals surface area contributed by atoms with Crippen molar-refractivity contribution in [2.75, 3.05) is 0 Å². The minimum Gasteiger partial charge on any atom is -0.507 e. The van der Waals surface area contributed by atoms with Crippen molar-refractivity contribution in [2.24, 2.45) is 5.73 Å². The molecule has 0 aliphatic heterocycles. The number of amides is 1. The first-order valence-corrected chi connectivity index (χ1v) is 9.12. The van der Waals surface area contributed by atoms with Crippen LogP contribution >= 0.6 is 0 Å². The van der Waals surface area contributed by atoms with Crippen molar-refractivity contribution in [3.05, 3.63) is 82.9 Å². The van der Waals surface area contributed by atoms with Gasteiger partial charge in [0.15, 0.2) is 0 Å². The zero-order valence-electron chi connectivity index (χ0n) is 15.2. The van der Waals surface area contributed by atoms with Crippen molar-refractivity contribution < 1.29 is 9.90 Å². The number of nitrogens with two attached hydrogens (primary N) is 1. The normalized spacial score (nSPS) is 14.8. The van der Waals surface area contributed by atoms with Crippen LogP contribution in [-0.2, 0) is 4.79 Å². The first kappa shape index (κ1) is 17.1. The lowest BCUT2D eigenvalue weighted by atomic mass is 9.97. The van der Waals surface area contributed by atoms with Crippen LogP contribution in [-0.4, -0.2) is 11.0 Å². The van der Waals surface area contributed by atoms with Gasteiger partial charge in [-0.05, 0) is 63.2 Å². The van der Waals surface area contributed by atoms with E-state index in [1.807, 2.05) is 24.3 Å². The molecule has 0 aromatic heterocycles. The number of phenols is 1. The zero-order valence-corrected chi connectivity index (χ0v) is 15.2. The SMILES string of the molecule is CCC1=C(CC(N)=O)c2c(O)cccc2/C1=C\c1ccc2ccccc2c1. The standard InChI is InChI=1S/C24H21NO2/c1-2-18-20(13-15-10-11-16-6-3-4-7-17(16)12-15)19-8-5-9-22(26)24(19)21(18)14-23(25)27/h3-13,26H,2,14H2,1H3,(H2,25,27)/b20-13-. The Hall–Kier alpha value is -3.33. The summed E-state index contributed by atoms with van der Waals surface area (Å²) in [5.74, 6) is -0.200. The third-order valence-electron chi connectivity index (χ3n) is 5.11. The van der Waals surface area contributed by atoms with Gasteiger partial charge in [-0.15, -0.1) is 0 Å². The van der Waals surface area contributed by atoms with Gasteiger partial charge in [0.25, 0.3) is 0 Å². The summed E-state index contributed by atoms with van der Waals surface area (Å²) < 4.78 is 0. The van der Waals surface area contributed by atoms with E-state index in [0.717, 1.165) is 39.8 Å². The molecule has 0 spiro atoms. The molecule has 1 aliphatic carbocycles. The van der Waals surface area contributed by atoms with Crippen LogP contribution in [0.25, 0.3) is 28.0 Å². The van der Waals surface area contributed by atoms with Crippen LogP contribution < -0.4 is 5.73 Å². The molecule has 27 heavy (non-hydrogen) atoms. The maximum Gasteiger partial charge on any atom is 0.221 e. The quantitative estimate of drug-likeness (QED) is 0.681. The van der Waals surface area contributed by atoms with Crippen molar-refractivity contribution in [1.82, 2.24) is 0 Å². The van der Waals surface area contributed by atoms with Crippen LogP contribution in [0, 0.1) is 0 Å². The highest BCUT2D eigenvalue weighted by atomic mass is 16.3. The number of hydrogen-bond donors (Lipinski definition) is 2. The van der Waals surface area contributed by atoms with E-state index in [1.165, 1.54) is 10.8 Å². The largest absolute Gasteiger partial charge is 0.507 e. The molecule has 3 aromatic rings. The van der Waals surface area contributed by atoms with Crippen molar-refractivity contribution in [1.29, 1.82) is 0 Å². The van der Waals surface area contributed by atoms with Gasteiger partial charge in [-0.2, -0.15) is 0 Å². The average molecular weight is 355 g/mol. The Kier molecular flexibility index (Phi) is 4.28. The van der Waals surface area contributed by atoms with Gasteiger partial charge in [-0.3, -0.25) is 4.79 Å². The van der Waals surface area contributed by atoms with Crippen molar-refractivity contribution in [3.8, 4) is 5.75 Å². The molecule has 4 rings (SSSR count). The van der Waals surface area contributed by atoms with E-state index in [9.17, 15) is 9.90 Å². The number of rotatable bonds is 4. The molecule has 1 amide bonds. The number of allylic oxidation sites excluding steroid dienone is 2. The molecule has 3 nitrogen and oxygen atoms in total. The Bertz CT molecular complexity index is 1120. The Morgan fingerprint density at radius 3 is 2.52 bits per heavy atom. The van der Waals surface area contributed by atoms with Gasteiger partial charge >= 0.3 is 0 Å². The van der Waals surface area contributed by atoms with E-state index in [1.54, 1.807) is 6.07 Å². The monoisotopic (exact) mass is 355 g/mol. The van der Waals surface area contributed by atoms with E-state index in [0.29, 0.717) is 0 Å². The predicted octanol–water partition coefficient (Wildman–Crippen LogP) is 5.14. The molecule has 0 saturated carbocycles. The molecule has 3 heteroatoms. The predicted molar refractivity (Wildman–Crippen MR) is 111 cm³/mol. The lowest BCUT2D eigenvalue weighted by Crippen LogP contribution is -2.11. The second kappa shape index (κ2) is 6.76. The number of benzene rings is 3. The van der Waals surface area contributed by atoms with E-state index >= 15 is 0 Å². The number of phenolic OH excluding ortho intramolecular Hbond substituents is 1. The molecule has 0 fully saturated rings. The summed E-state index contributed by atoms with van der Waals surface area (Å²) in [5, 5.41) is 12.8. The summed E-state index contributed by atoms with van der Waals surface area (Å²) in [6.07, 6.45) is 3.02. The van der Waals surface area contributed by atoms with E-state index in [-0.39, 0.29) is 12.2 Å². The minimum atomic E-state index is -0.392. The number of carbonyl (C=O) groups excluding carboxylic acids is 1. The zero-order chi connectivity index (χ0) is 19.0. The Morgan fingerprint density at radius 2 is 1.78 bits per heavy atom. The molecular formula is C24H21NO2. The van der Waals surface area contributed by atoms with Crippen molar-refractivity contribution >= 4 is 33.9 Å². The molecular weight excluding hydrogens is 334 g/mol. The molecule has 1 aliphatic rings. The molecule has 0 unspecified atom stereocenters. The molecule has 0 heterocycles. The molecule has 3 N–H and O–H groups in total. The number of primary amides is 1. The fraction of sp³-hybridized carbons (Fsp3) is 0.125. The van der Waals surface area contributed by atoms with E-state index in [2.05, 4.69) is 43.3 Å². The summed E-state index contributed by atoms with van der Waals surface area (Å²) in [6.45, 7) is 2.06. The maximum absolute atomic E-state index is 11.6. The van der Waals surface area contributed by atoms with Gasteiger partial charge in [-0.1, -0.05) is 55.5 Å². The summed E-state index contributed by atoms with van der Waals surface area (Å²) >= 11 is 0. The van der Waals surface area contributed by atoms with Crippen LogP contribution in [0.2, 0.25) is 0 Å². The van der Waals surface area contributed by atoms with Gasteiger partial charge in [0.2, 0.25) is 5.91 Å². The van der Waals surface area contributed by atoms with Gasteiger partial charge in [0, 0.05) is 5.56 Å². The number of hydrogen-bond acceptors (Lipinski definition) is 2. The fourth-order valence-corrected chi connectivity index (χ4v) is 3.96. The van der Waals surface area contributed by atoms with Crippen LogP contribution in [0.1, 0.15) is 36.5 Å². The maximum atomic E-state index is 11.6. The van der Waals surface area contributed by atoms with Gasteiger partial charge in [0.1, 0.15) is 5.75 Å². The number of aromatic hydroxyl groups is 1. The van der Waals surface area contributed by atoms with Crippen LogP contribution in [0.5, 0.6) is 5.75 Å². The third kappa shape index (κ3) is 3.02.